The van der Waals surface area contributed by atoms with Crippen molar-refractivity contribution in [3.63, 3.8) is 0 Å². The second kappa shape index (κ2) is 7.05. The first-order valence-corrected chi connectivity index (χ1v) is 8.57. The number of carbonyl (C=O) groups excluding carboxylic acids is 1. The highest BCUT2D eigenvalue weighted by Gasteiger charge is 2.42. The minimum atomic E-state index is -0.848. The van der Waals surface area contributed by atoms with Crippen molar-refractivity contribution in [1.82, 2.24) is 5.32 Å². The Kier molecular flexibility index (Phi) is 4.98. The second-order valence-electron chi connectivity index (χ2n) is 7.04. The van der Waals surface area contributed by atoms with Crippen LogP contribution >= 0.6 is 0 Å². The molecule has 1 aliphatic rings. The van der Waals surface area contributed by atoms with Crippen molar-refractivity contribution in [3.05, 3.63) is 65.0 Å². The molecule has 4 N–H and O–H groups in total. The van der Waals surface area contributed by atoms with E-state index in [0.29, 0.717) is 35.4 Å². The van der Waals surface area contributed by atoms with E-state index in [1.807, 2.05) is 0 Å². The van der Waals surface area contributed by atoms with Gasteiger partial charge in [-0.25, -0.2) is 4.39 Å². The number of aliphatic hydroxyl groups is 1. The van der Waals surface area contributed by atoms with Crippen molar-refractivity contribution in [2.45, 2.75) is 38.0 Å². The van der Waals surface area contributed by atoms with Crippen LogP contribution in [0.4, 0.5) is 4.39 Å². The quantitative estimate of drug-likeness (QED) is 0.766. The summed E-state index contributed by atoms with van der Waals surface area (Å²) in [6.45, 7) is 4.06. The molecule has 2 aromatic rings. The fraction of sp³-hybridized carbons (Fsp3) is 0.350. The van der Waals surface area contributed by atoms with Crippen LogP contribution in [-0.4, -0.2) is 29.3 Å². The molecule has 6 heteroatoms. The van der Waals surface area contributed by atoms with Crippen LogP contribution in [0.2, 0.25) is 0 Å². The monoisotopic (exact) mass is 358 g/mol. The summed E-state index contributed by atoms with van der Waals surface area (Å²) in [7, 11) is 0. The van der Waals surface area contributed by atoms with Gasteiger partial charge in [0.2, 0.25) is 5.91 Å². The molecule has 0 radical (unpaired) electrons. The predicted octanol–water partition coefficient (Wildman–Crippen LogP) is 2.33. The Bertz CT molecular complexity index is 822. The molecule has 0 saturated heterocycles. The first kappa shape index (κ1) is 18.4. The van der Waals surface area contributed by atoms with Gasteiger partial charge in [0, 0.05) is 11.1 Å². The fourth-order valence-corrected chi connectivity index (χ4v) is 3.24. The molecule has 2 atom stereocenters. The maximum Gasteiger partial charge on any atom is 0.248 e. The van der Waals surface area contributed by atoms with Crippen LogP contribution in [0.3, 0.4) is 0 Å². The summed E-state index contributed by atoms with van der Waals surface area (Å²) < 4.78 is 19.7. The highest BCUT2D eigenvalue weighted by Crippen LogP contribution is 2.40. The zero-order valence-corrected chi connectivity index (χ0v) is 14.8. The maximum atomic E-state index is 13.8. The lowest BCUT2D eigenvalue weighted by Gasteiger charge is -2.42. The van der Waals surface area contributed by atoms with E-state index >= 15 is 0 Å². The standard InChI is InChI=1S/C20H23FN2O3/c1-20(2)18(24)17(23-10-9-12-5-3-4-6-15(12)21)14-11-13(19(22)25)7-8-16(14)26-20/h3-8,11,17-18,23-24H,9-10H2,1-2H3,(H2,22,25)/t17-,18+/m0/s1. The minimum Gasteiger partial charge on any atom is -0.485 e. The first-order chi connectivity index (χ1) is 12.3. The van der Waals surface area contributed by atoms with Crippen LogP contribution in [0, 0.1) is 5.82 Å². The number of primary amides is 1. The van der Waals surface area contributed by atoms with E-state index < -0.39 is 23.7 Å². The zero-order valence-electron chi connectivity index (χ0n) is 14.8. The lowest BCUT2D eigenvalue weighted by Crippen LogP contribution is -2.52. The summed E-state index contributed by atoms with van der Waals surface area (Å²) in [5, 5.41) is 14.0. The molecule has 1 aliphatic heterocycles. The molecule has 0 bridgehead atoms. The van der Waals surface area contributed by atoms with E-state index in [1.165, 1.54) is 6.07 Å². The molecule has 5 nitrogen and oxygen atoms in total. The van der Waals surface area contributed by atoms with Crippen molar-refractivity contribution in [2.75, 3.05) is 6.54 Å². The number of halogens is 1. The minimum absolute atomic E-state index is 0.251. The summed E-state index contributed by atoms with van der Waals surface area (Å²) >= 11 is 0. The van der Waals surface area contributed by atoms with Gasteiger partial charge in [-0.3, -0.25) is 4.79 Å². The topological polar surface area (TPSA) is 84.6 Å². The number of aliphatic hydroxyl groups excluding tert-OH is 1. The molecular formula is C20H23FN2O3. The lowest BCUT2D eigenvalue weighted by molar-refractivity contribution is -0.0644. The third-order valence-electron chi connectivity index (χ3n) is 4.75. The Balaban J connectivity index is 1.84. The molecule has 0 aromatic heterocycles. The Labute approximate surface area is 152 Å². The van der Waals surface area contributed by atoms with Crippen LogP contribution < -0.4 is 15.8 Å². The molecule has 0 spiro atoms. The van der Waals surface area contributed by atoms with Gasteiger partial charge in [0.1, 0.15) is 23.3 Å². The highest BCUT2D eigenvalue weighted by molar-refractivity contribution is 5.93. The zero-order chi connectivity index (χ0) is 18.9. The molecule has 0 fully saturated rings. The Morgan fingerprint density at radius 2 is 2.04 bits per heavy atom. The summed E-state index contributed by atoms with van der Waals surface area (Å²) in [5.74, 6) is -0.204. The van der Waals surface area contributed by atoms with Crippen molar-refractivity contribution in [1.29, 1.82) is 0 Å². The molecule has 1 amide bonds. The molecule has 0 unspecified atom stereocenters. The van der Waals surface area contributed by atoms with Gasteiger partial charge < -0.3 is 20.9 Å². The van der Waals surface area contributed by atoms with Crippen LogP contribution in [0.25, 0.3) is 0 Å². The van der Waals surface area contributed by atoms with E-state index in [9.17, 15) is 14.3 Å². The molecule has 2 aromatic carbocycles. The average Bonchev–Trinajstić information content (AvgIpc) is 2.59. The van der Waals surface area contributed by atoms with Crippen molar-refractivity contribution in [2.24, 2.45) is 5.73 Å². The number of benzene rings is 2. The van der Waals surface area contributed by atoms with Crippen LogP contribution in [0.15, 0.2) is 42.5 Å². The largest absolute Gasteiger partial charge is 0.485 e. The van der Waals surface area contributed by atoms with Gasteiger partial charge in [-0.05, 0) is 56.6 Å². The van der Waals surface area contributed by atoms with Gasteiger partial charge in [0.25, 0.3) is 0 Å². The SMILES string of the molecule is CC1(C)Oc2ccc(C(N)=O)cc2[C@H](NCCc2ccccc2F)[C@H]1O. The normalized spacial score (nSPS) is 20.9. The van der Waals surface area contributed by atoms with E-state index in [0.717, 1.165) is 0 Å². The number of hydrogen-bond acceptors (Lipinski definition) is 4. The molecular weight excluding hydrogens is 335 g/mol. The lowest BCUT2D eigenvalue weighted by atomic mass is 9.85. The van der Waals surface area contributed by atoms with Gasteiger partial charge in [-0.2, -0.15) is 0 Å². The van der Waals surface area contributed by atoms with Gasteiger partial charge in [0.15, 0.2) is 0 Å². The van der Waals surface area contributed by atoms with Gasteiger partial charge in [-0.1, -0.05) is 18.2 Å². The Morgan fingerprint density at radius 1 is 1.31 bits per heavy atom. The number of rotatable bonds is 5. The fourth-order valence-electron chi connectivity index (χ4n) is 3.24. The van der Waals surface area contributed by atoms with E-state index in [4.69, 9.17) is 10.5 Å². The van der Waals surface area contributed by atoms with Gasteiger partial charge >= 0.3 is 0 Å². The summed E-state index contributed by atoms with van der Waals surface area (Å²) in [6, 6.07) is 11.1. The number of nitrogens with two attached hydrogens (primary N) is 1. The van der Waals surface area contributed by atoms with E-state index in [-0.39, 0.29) is 5.82 Å². The molecule has 26 heavy (non-hydrogen) atoms. The number of hydrogen-bond donors (Lipinski definition) is 3. The van der Waals surface area contributed by atoms with Crippen molar-refractivity contribution < 1.29 is 19.0 Å². The van der Waals surface area contributed by atoms with E-state index in [1.54, 1.807) is 50.2 Å². The molecule has 3 rings (SSSR count). The number of nitrogens with one attached hydrogen (secondary N) is 1. The van der Waals surface area contributed by atoms with Gasteiger partial charge in [0.05, 0.1) is 6.04 Å². The van der Waals surface area contributed by atoms with Gasteiger partial charge in [-0.15, -0.1) is 0 Å². The maximum absolute atomic E-state index is 13.8. The van der Waals surface area contributed by atoms with Crippen molar-refractivity contribution >= 4 is 5.91 Å². The summed E-state index contributed by atoms with van der Waals surface area (Å²) in [4.78, 5) is 11.5. The number of ether oxygens (including phenoxy) is 1. The average molecular weight is 358 g/mol. The van der Waals surface area contributed by atoms with Crippen molar-refractivity contribution in [3.8, 4) is 5.75 Å². The Hall–Kier alpha value is -2.44. The van der Waals surface area contributed by atoms with Crippen LogP contribution in [0.1, 0.15) is 41.4 Å². The second-order valence-corrected chi connectivity index (χ2v) is 7.04. The molecule has 1 heterocycles. The molecule has 0 saturated carbocycles. The smallest absolute Gasteiger partial charge is 0.248 e. The third-order valence-corrected chi connectivity index (χ3v) is 4.75. The molecule has 138 valence electrons. The number of fused-ring (bicyclic) bond motifs is 1. The summed E-state index contributed by atoms with van der Waals surface area (Å²) in [5.41, 5.74) is 6.18. The van der Waals surface area contributed by atoms with Crippen LogP contribution in [0.5, 0.6) is 5.75 Å². The molecule has 0 aliphatic carbocycles. The number of carbonyl (C=O) groups is 1. The predicted molar refractivity (Wildman–Crippen MR) is 96.5 cm³/mol. The third kappa shape index (κ3) is 3.57. The number of amides is 1. The van der Waals surface area contributed by atoms with E-state index in [2.05, 4.69) is 5.32 Å². The summed E-state index contributed by atoms with van der Waals surface area (Å²) in [6.07, 6.45) is -0.374. The highest BCUT2D eigenvalue weighted by atomic mass is 19.1. The first-order valence-electron chi connectivity index (χ1n) is 8.57. The van der Waals surface area contributed by atoms with Crippen LogP contribution in [-0.2, 0) is 6.42 Å². The Morgan fingerprint density at radius 3 is 2.73 bits per heavy atom.